The average molecular weight is 443 g/mol. The van der Waals surface area contributed by atoms with Crippen LogP contribution in [0.2, 0.25) is 0 Å². The first-order valence-electron chi connectivity index (χ1n) is 10.9. The van der Waals surface area contributed by atoms with Gasteiger partial charge in [-0.1, -0.05) is 12.1 Å². The van der Waals surface area contributed by atoms with Gasteiger partial charge in [0.15, 0.2) is 11.5 Å². The second-order valence-electron chi connectivity index (χ2n) is 7.83. The molecule has 1 aliphatic rings. The van der Waals surface area contributed by atoms with Crippen LogP contribution in [-0.4, -0.2) is 49.6 Å². The number of carbonyl (C=O) groups is 1. The maximum atomic E-state index is 13.1. The van der Waals surface area contributed by atoms with Crippen LogP contribution in [0.5, 0.6) is 17.2 Å². The standard InChI is InChI=1S/C24H30N2O6/c1-4-32-19-9-7-17(8-10-19)5-6-18-11-13-25(14-12-18)24(27)20-15-22(30-2)23(31-3)16-21(20)26(28)29/h7-10,15-16,18H,4-6,11-14H2,1-3H3. The number of methoxy groups -OCH3 is 2. The highest BCUT2D eigenvalue weighted by molar-refractivity contribution is 5.99. The summed E-state index contributed by atoms with van der Waals surface area (Å²) >= 11 is 0. The van der Waals surface area contributed by atoms with Crippen molar-refractivity contribution in [1.82, 2.24) is 4.90 Å². The maximum absolute atomic E-state index is 13.1. The Kier molecular flexibility index (Phi) is 7.92. The van der Waals surface area contributed by atoms with Gasteiger partial charge in [-0.3, -0.25) is 14.9 Å². The molecule has 2 aromatic rings. The van der Waals surface area contributed by atoms with Crippen molar-refractivity contribution in [2.45, 2.75) is 32.6 Å². The van der Waals surface area contributed by atoms with Crippen LogP contribution in [0.25, 0.3) is 0 Å². The number of hydrogen-bond donors (Lipinski definition) is 0. The highest BCUT2D eigenvalue weighted by atomic mass is 16.6. The van der Waals surface area contributed by atoms with Gasteiger partial charge in [0.1, 0.15) is 11.3 Å². The molecule has 0 N–H and O–H groups in total. The Hall–Kier alpha value is -3.29. The van der Waals surface area contributed by atoms with Crippen molar-refractivity contribution in [3.63, 3.8) is 0 Å². The Morgan fingerprint density at radius 3 is 2.28 bits per heavy atom. The second-order valence-corrected chi connectivity index (χ2v) is 7.83. The van der Waals surface area contributed by atoms with Gasteiger partial charge in [-0.25, -0.2) is 0 Å². The predicted octanol–water partition coefficient (Wildman–Crippen LogP) is 4.50. The number of likely N-dealkylation sites (tertiary alicyclic amines) is 1. The fourth-order valence-corrected chi connectivity index (χ4v) is 4.08. The van der Waals surface area contributed by atoms with E-state index >= 15 is 0 Å². The van der Waals surface area contributed by atoms with Crippen molar-refractivity contribution >= 4 is 11.6 Å². The molecule has 32 heavy (non-hydrogen) atoms. The molecule has 0 bridgehead atoms. The molecule has 1 fully saturated rings. The van der Waals surface area contributed by atoms with Crippen molar-refractivity contribution in [3.8, 4) is 17.2 Å². The SMILES string of the molecule is CCOc1ccc(CCC2CCN(C(=O)c3cc(OC)c(OC)cc3[N+](=O)[O-])CC2)cc1. The van der Waals surface area contributed by atoms with Gasteiger partial charge in [0.25, 0.3) is 11.6 Å². The Bertz CT molecular complexity index is 936. The van der Waals surface area contributed by atoms with E-state index in [2.05, 4.69) is 12.1 Å². The van der Waals surface area contributed by atoms with Crippen molar-refractivity contribution in [3.05, 3.63) is 57.6 Å². The zero-order valence-corrected chi connectivity index (χ0v) is 18.8. The summed E-state index contributed by atoms with van der Waals surface area (Å²) in [4.78, 5) is 25.8. The predicted molar refractivity (Wildman–Crippen MR) is 121 cm³/mol. The first-order chi connectivity index (χ1) is 15.5. The summed E-state index contributed by atoms with van der Waals surface area (Å²) < 4.78 is 15.9. The minimum absolute atomic E-state index is 0.0282. The Morgan fingerprint density at radius 2 is 1.72 bits per heavy atom. The van der Waals surface area contributed by atoms with E-state index in [9.17, 15) is 14.9 Å². The van der Waals surface area contributed by atoms with Crippen molar-refractivity contribution in [1.29, 1.82) is 0 Å². The Balaban J connectivity index is 1.60. The van der Waals surface area contributed by atoms with Crippen molar-refractivity contribution in [2.24, 2.45) is 5.92 Å². The number of amides is 1. The summed E-state index contributed by atoms with van der Waals surface area (Å²) in [6.45, 7) is 3.79. The molecule has 0 saturated carbocycles. The molecule has 1 heterocycles. The summed E-state index contributed by atoms with van der Waals surface area (Å²) in [6.07, 6.45) is 3.78. The third kappa shape index (κ3) is 5.49. The fourth-order valence-electron chi connectivity index (χ4n) is 4.08. The van der Waals surface area contributed by atoms with E-state index in [0.29, 0.717) is 31.4 Å². The summed E-state index contributed by atoms with van der Waals surface area (Å²) in [5.41, 5.74) is 1.03. The third-order valence-electron chi connectivity index (χ3n) is 5.91. The van der Waals surface area contributed by atoms with Gasteiger partial charge in [0.05, 0.1) is 31.8 Å². The molecule has 3 rings (SSSR count). The zero-order chi connectivity index (χ0) is 23.1. The number of ether oxygens (including phenoxy) is 3. The molecule has 2 aromatic carbocycles. The van der Waals surface area contributed by atoms with E-state index in [1.54, 1.807) is 4.90 Å². The van der Waals surface area contributed by atoms with E-state index in [4.69, 9.17) is 14.2 Å². The molecule has 1 saturated heterocycles. The largest absolute Gasteiger partial charge is 0.494 e. The van der Waals surface area contributed by atoms with Crippen LogP contribution < -0.4 is 14.2 Å². The van der Waals surface area contributed by atoms with Gasteiger partial charge in [-0.2, -0.15) is 0 Å². The summed E-state index contributed by atoms with van der Waals surface area (Å²) in [6, 6.07) is 10.8. The summed E-state index contributed by atoms with van der Waals surface area (Å²) in [5.74, 6) is 1.58. The van der Waals surface area contributed by atoms with Crippen LogP contribution in [0, 0.1) is 16.0 Å². The zero-order valence-electron chi connectivity index (χ0n) is 18.8. The second kappa shape index (κ2) is 10.8. The van der Waals surface area contributed by atoms with Gasteiger partial charge in [0, 0.05) is 19.2 Å². The molecular weight excluding hydrogens is 412 g/mol. The van der Waals surface area contributed by atoms with E-state index in [1.165, 1.54) is 31.9 Å². The van der Waals surface area contributed by atoms with Crippen LogP contribution in [0.3, 0.4) is 0 Å². The summed E-state index contributed by atoms with van der Waals surface area (Å²) in [7, 11) is 2.84. The number of aryl methyl sites for hydroxylation is 1. The van der Waals surface area contributed by atoms with Crippen LogP contribution in [0.1, 0.15) is 42.1 Å². The van der Waals surface area contributed by atoms with Crippen LogP contribution in [0.4, 0.5) is 5.69 Å². The highest BCUT2D eigenvalue weighted by Gasteiger charge is 2.30. The molecule has 1 aliphatic heterocycles. The lowest BCUT2D eigenvalue weighted by Crippen LogP contribution is -2.38. The Morgan fingerprint density at radius 1 is 1.09 bits per heavy atom. The van der Waals surface area contributed by atoms with E-state index in [-0.39, 0.29) is 22.9 Å². The van der Waals surface area contributed by atoms with Crippen molar-refractivity contribution < 1.29 is 23.9 Å². The third-order valence-corrected chi connectivity index (χ3v) is 5.91. The maximum Gasteiger partial charge on any atom is 0.286 e. The minimum Gasteiger partial charge on any atom is -0.494 e. The molecule has 0 aliphatic carbocycles. The molecule has 8 nitrogen and oxygen atoms in total. The van der Waals surface area contributed by atoms with E-state index in [1.807, 2.05) is 19.1 Å². The first-order valence-corrected chi connectivity index (χ1v) is 10.9. The normalized spacial score (nSPS) is 14.2. The van der Waals surface area contributed by atoms with Crippen LogP contribution in [0.15, 0.2) is 36.4 Å². The van der Waals surface area contributed by atoms with Crippen molar-refractivity contribution in [2.75, 3.05) is 33.9 Å². The lowest BCUT2D eigenvalue weighted by molar-refractivity contribution is -0.385. The average Bonchev–Trinajstić information content (AvgIpc) is 2.82. The first kappa shape index (κ1) is 23.4. The van der Waals surface area contributed by atoms with Gasteiger partial charge >= 0.3 is 0 Å². The van der Waals surface area contributed by atoms with Gasteiger partial charge in [-0.05, 0) is 56.2 Å². The fraction of sp³-hybridized carbons (Fsp3) is 0.458. The van der Waals surface area contributed by atoms with Gasteiger partial charge in [0.2, 0.25) is 0 Å². The number of nitro benzene ring substituents is 1. The number of piperidine rings is 1. The molecule has 1 amide bonds. The van der Waals surface area contributed by atoms with E-state index in [0.717, 1.165) is 31.4 Å². The minimum atomic E-state index is -0.557. The van der Waals surface area contributed by atoms with Crippen LogP contribution >= 0.6 is 0 Å². The number of nitrogens with zero attached hydrogens (tertiary/aromatic N) is 2. The summed E-state index contributed by atoms with van der Waals surface area (Å²) in [5, 5.41) is 11.5. The number of carbonyl (C=O) groups excluding carboxylic acids is 1. The number of rotatable bonds is 9. The molecule has 8 heteroatoms. The Labute approximate surface area is 188 Å². The molecular formula is C24H30N2O6. The molecule has 0 aromatic heterocycles. The van der Waals surface area contributed by atoms with Crippen LogP contribution in [-0.2, 0) is 6.42 Å². The van der Waals surface area contributed by atoms with Gasteiger partial charge < -0.3 is 19.1 Å². The molecule has 172 valence electrons. The quantitative estimate of drug-likeness (QED) is 0.420. The molecule has 0 atom stereocenters. The topological polar surface area (TPSA) is 91.1 Å². The monoisotopic (exact) mass is 442 g/mol. The number of nitro groups is 1. The number of benzene rings is 2. The molecule has 0 unspecified atom stereocenters. The van der Waals surface area contributed by atoms with Gasteiger partial charge in [-0.15, -0.1) is 0 Å². The molecule has 0 radical (unpaired) electrons. The lowest BCUT2D eigenvalue weighted by Gasteiger charge is -2.32. The molecule has 0 spiro atoms. The smallest absolute Gasteiger partial charge is 0.286 e. The number of hydrogen-bond acceptors (Lipinski definition) is 6. The lowest BCUT2D eigenvalue weighted by atomic mass is 9.90. The highest BCUT2D eigenvalue weighted by Crippen LogP contribution is 2.35. The van der Waals surface area contributed by atoms with E-state index < -0.39 is 4.92 Å².